The zero-order valence-electron chi connectivity index (χ0n) is 17.3. The van der Waals surface area contributed by atoms with E-state index in [-0.39, 0.29) is 13.2 Å². The largest absolute Gasteiger partial charge is 0.462 e. The topological polar surface area (TPSA) is 92.8 Å². The van der Waals surface area contributed by atoms with E-state index in [1.54, 1.807) is 38.1 Å². The summed E-state index contributed by atoms with van der Waals surface area (Å²) in [7, 11) is -3.69. The van der Waals surface area contributed by atoms with E-state index < -0.39 is 21.9 Å². The van der Waals surface area contributed by atoms with Crippen molar-refractivity contribution in [3.8, 4) is 0 Å². The number of carbonyl (C=O) groups is 2. The lowest BCUT2D eigenvalue weighted by Gasteiger charge is -2.24. The smallest absolute Gasteiger partial charge is 0.338 e. The van der Waals surface area contributed by atoms with Crippen LogP contribution in [0, 0.1) is 20.8 Å². The first-order valence-corrected chi connectivity index (χ1v) is 11.0. The van der Waals surface area contributed by atoms with E-state index in [9.17, 15) is 18.0 Å². The quantitative estimate of drug-likeness (QED) is 0.697. The number of ether oxygens (including phenoxy) is 1. The molecule has 0 saturated heterocycles. The van der Waals surface area contributed by atoms with Crippen LogP contribution in [0.25, 0.3) is 0 Å². The molecule has 0 unspecified atom stereocenters. The van der Waals surface area contributed by atoms with Gasteiger partial charge in [0.1, 0.15) is 6.54 Å². The molecule has 0 atom stereocenters. The SMILES string of the molecule is CCOC(=O)c1ccc(C)c(NC(=O)CN(c2cccc(C)c2C)S(C)(=O)=O)c1. The Balaban J connectivity index is 2.29. The van der Waals surface area contributed by atoms with E-state index in [0.717, 1.165) is 27.3 Å². The summed E-state index contributed by atoms with van der Waals surface area (Å²) in [5.74, 6) is -1.00. The number of rotatable bonds is 7. The first-order valence-electron chi connectivity index (χ1n) is 9.16. The van der Waals surface area contributed by atoms with Crippen molar-refractivity contribution in [2.75, 3.05) is 29.0 Å². The van der Waals surface area contributed by atoms with Crippen molar-refractivity contribution in [3.05, 3.63) is 58.7 Å². The summed E-state index contributed by atoms with van der Waals surface area (Å²) in [4.78, 5) is 24.6. The lowest BCUT2D eigenvalue weighted by Crippen LogP contribution is -2.38. The van der Waals surface area contributed by atoms with E-state index in [1.165, 1.54) is 6.07 Å². The molecule has 8 heteroatoms. The van der Waals surface area contributed by atoms with Crippen LogP contribution in [0.3, 0.4) is 0 Å². The molecule has 1 N–H and O–H groups in total. The summed E-state index contributed by atoms with van der Waals surface area (Å²) in [6, 6.07) is 10.1. The maximum absolute atomic E-state index is 12.7. The van der Waals surface area contributed by atoms with Crippen LogP contribution in [0.5, 0.6) is 0 Å². The highest BCUT2D eigenvalue weighted by atomic mass is 32.2. The predicted molar refractivity (Wildman–Crippen MR) is 114 cm³/mol. The van der Waals surface area contributed by atoms with Gasteiger partial charge in [-0.1, -0.05) is 18.2 Å². The molecule has 0 aliphatic rings. The number of amides is 1. The van der Waals surface area contributed by atoms with Crippen molar-refractivity contribution in [3.63, 3.8) is 0 Å². The third kappa shape index (κ3) is 5.57. The number of nitrogens with zero attached hydrogens (tertiary/aromatic N) is 1. The van der Waals surface area contributed by atoms with E-state index in [4.69, 9.17) is 4.74 Å². The number of sulfonamides is 1. The Labute approximate surface area is 171 Å². The maximum atomic E-state index is 12.7. The Morgan fingerprint density at radius 3 is 2.38 bits per heavy atom. The van der Waals surface area contributed by atoms with Gasteiger partial charge in [-0.05, 0) is 62.6 Å². The summed E-state index contributed by atoms with van der Waals surface area (Å²) in [6.07, 6.45) is 1.06. The Bertz CT molecular complexity index is 1030. The minimum absolute atomic E-state index is 0.244. The van der Waals surface area contributed by atoms with Gasteiger partial charge in [-0.3, -0.25) is 9.10 Å². The second kappa shape index (κ2) is 9.09. The van der Waals surface area contributed by atoms with E-state index in [0.29, 0.717) is 16.9 Å². The fraction of sp³-hybridized carbons (Fsp3) is 0.333. The molecule has 29 heavy (non-hydrogen) atoms. The Kier molecular flexibility index (Phi) is 7.02. The molecular weight excluding hydrogens is 392 g/mol. The molecule has 7 nitrogen and oxygen atoms in total. The number of esters is 1. The first-order chi connectivity index (χ1) is 13.5. The van der Waals surface area contributed by atoms with Crippen LogP contribution in [0.2, 0.25) is 0 Å². The molecule has 2 aromatic rings. The lowest BCUT2D eigenvalue weighted by atomic mass is 10.1. The van der Waals surface area contributed by atoms with E-state index in [1.807, 2.05) is 19.9 Å². The third-order valence-electron chi connectivity index (χ3n) is 4.56. The van der Waals surface area contributed by atoms with Gasteiger partial charge in [0.2, 0.25) is 15.9 Å². The minimum Gasteiger partial charge on any atom is -0.462 e. The standard InChI is InChI=1S/C21H26N2O5S/c1-6-28-21(25)17-11-10-15(3)18(12-17)22-20(24)13-23(29(5,26)27)19-9-7-8-14(2)16(19)4/h7-12H,6,13H2,1-5H3,(H,22,24). The summed E-state index contributed by atoms with van der Waals surface area (Å²) in [6.45, 7) is 7.04. The van der Waals surface area contributed by atoms with Crippen molar-refractivity contribution >= 4 is 33.3 Å². The summed E-state index contributed by atoms with van der Waals surface area (Å²) in [5, 5.41) is 2.70. The fourth-order valence-corrected chi connectivity index (χ4v) is 3.71. The number of hydrogen-bond acceptors (Lipinski definition) is 5. The summed E-state index contributed by atoms with van der Waals surface area (Å²) in [5.41, 5.74) is 3.64. The van der Waals surface area contributed by atoms with Gasteiger partial charge in [-0.15, -0.1) is 0 Å². The molecule has 0 aliphatic heterocycles. The Morgan fingerprint density at radius 1 is 1.07 bits per heavy atom. The molecule has 2 rings (SSSR count). The van der Waals surface area contributed by atoms with E-state index in [2.05, 4.69) is 5.32 Å². The van der Waals surface area contributed by atoms with Crippen molar-refractivity contribution in [2.24, 2.45) is 0 Å². The maximum Gasteiger partial charge on any atom is 0.338 e. The lowest BCUT2D eigenvalue weighted by molar-refractivity contribution is -0.114. The average molecular weight is 419 g/mol. The third-order valence-corrected chi connectivity index (χ3v) is 5.68. The number of benzene rings is 2. The molecule has 0 fully saturated rings. The molecule has 1 amide bonds. The highest BCUT2D eigenvalue weighted by Gasteiger charge is 2.23. The van der Waals surface area contributed by atoms with Crippen LogP contribution in [0.1, 0.15) is 34.0 Å². The van der Waals surface area contributed by atoms with Crippen LogP contribution in [-0.4, -0.2) is 39.7 Å². The molecule has 156 valence electrons. The highest BCUT2D eigenvalue weighted by Crippen LogP contribution is 2.25. The number of carbonyl (C=O) groups excluding carboxylic acids is 2. The van der Waals surface area contributed by atoms with Crippen molar-refractivity contribution in [1.29, 1.82) is 0 Å². The molecule has 0 aromatic heterocycles. The Hall–Kier alpha value is -2.87. The summed E-state index contributed by atoms with van der Waals surface area (Å²) >= 11 is 0. The van der Waals surface area contributed by atoms with Gasteiger partial charge in [0.15, 0.2) is 0 Å². The highest BCUT2D eigenvalue weighted by molar-refractivity contribution is 7.92. The van der Waals surface area contributed by atoms with Gasteiger partial charge in [0, 0.05) is 5.69 Å². The molecule has 0 spiro atoms. The molecule has 0 radical (unpaired) electrons. The molecule has 0 bridgehead atoms. The molecule has 0 heterocycles. The molecule has 0 saturated carbocycles. The second-order valence-corrected chi connectivity index (χ2v) is 8.69. The number of hydrogen-bond donors (Lipinski definition) is 1. The average Bonchev–Trinajstić information content (AvgIpc) is 2.63. The van der Waals surface area contributed by atoms with Gasteiger partial charge < -0.3 is 10.1 Å². The molecule has 0 aliphatic carbocycles. The van der Waals surface area contributed by atoms with Gasteiger partial charge in [-0.2, -0.15) is 0 Å². The van der Waals surface area contributed by atoms with Gasteiger partial charge >= 0.3 is 5.97 Å². The van der Waals surface area contributed by atoms with Crippen LogP contribution < -0.4 is 9.62 Å². The van der Waals surface area contributed by atoms with Crippen LogP contribution >= 0.6 is 0 Å². The fourth-order valence-electron chi connectivity index (χ4n) is 2.81. The van der Waals surface area contributed by atoms with Gasteiger partial charge in [-0.25, -0.2) is 13.2 Å². The number of nitrogens with one attached hydrogen (secondary N) is 1. The van der Waals surface area contributed by atoms with Crippen molar-refractivity contribution in [2.45, 2.75) is 27.7 Å². The minimum atomic E-state index is -3.69. The van der Waals surface area contributed by atoms with Crippen molar-refractivity contribution < 1.29 is 22.7 Å². The number of anilines is 2. The first kappa shape index (κ1) is 22.4. The molecular formula is C21H26N2O5S. The monoisotopic (exact) mass is 418 g/mol. The number of aryl methyl sites for hydroxylation is 2. The van der Waals surface area contributed by atoms with Gasteiger partial charge in [0.25, 0.3) is 0 Å². The van der Waals surface area contributed by atoms with Gasteiger partial charge in [0.05, 0.1) is 24.1 Å². The van der Waals surface area contributed by atoms with Crippen LogP contribution in [0.15, 0.2) is 36.4 Å². The normalized spacial score (nSPS) is 11.1. The summed E-state index contributed by atoms with van der Waals surface area (Å²) < 4.78 is 30.8. The van der Waals surface area contributed by atoms with E-state index >= 15 is 0 Å². The van der Waals surface area contributed by atoms with Crippen LogP contribution in [0.4, 0.5) is 11.4 Å². The predicted octanol–water partition coefficient (Wildman–Crippen LogP) is 3.19. The van der Waals surface area contributed by atoms with Crippen LogP contribution in [-0.2, 0) is 19.6 Å². The van der Waals surface area contributed by atoms with Crippen molar-refractivity contribution in [1.82, 2.24) is 0 Å². The zero-order chi connectivity index (χ0) is 21.8. The second-order valence-electron chi connectivity index (χ2n) is 6.79. The molecule has 2 aromatic carbocycles. The Morgan fingerprint density at radius 2 is 1.76 bits per heavy atom. The zero-order valence-corrected chi connectivity index (χ0v) is 18.1.